The van der Waals surface area contributed by atoms with E-state index in [9.17, 15) is 9.90 Å². The number of benzene rings is 2. The van der Waals surface area contributed by atoms with Gasteiger partial charge in [-0.1, -0.05) is 12.1 Å². The van der Waals surface area contributed by atoms with Crippen molar-refractivity contribution in [2.45, 2.75) is 4.90 Å². The largest absolute Gasteiger partial charge is 0.504 e. The fourth-order valence-corrected chi connectivity index (χ4v) is 2.62. The molecule has 0 aliphatic carbocycles. The number of carbonyl (C=O) groups is 1. The van der Waals surface area contributed by atoms with Crippen molar-refractivity contribution in [2.75, 3.05) is 20.5 Å². The van der Waals surface area contributed by atoms with E-state index in [0.29, 0.717) is 22.6 Å². The summed E-state index contributed by atoms with van der Waals surface area (Å²) in [5.74, 6) is 0.976. The molecule has 2 rings (SSSR count). The molecule has 0 amide bonds. The molecule has 0 aliphatic rings. The van der Waals surface area contributed by atoms with E-state index >= 15 is 0 Å². The van der Waals surface area contributed by atoms with Crippen LogP contribution in [0.4, 0.5) is 0 Å². The number of phenols is 1. The molecule has 4 nitrogen and oxygen atoms in total. The first-order chi connectivity index (χ1) is 11.1. The highest BCUT2D eigenvalue weighted by Gasteiger charge is 2.08. The van der Waals surface area contributed by atoms with Crippen LogP contribution in [-0.2, 0) is 0 Å². The van der Waals surface area contributed by atoms with Gasteiger partial charge in [-0.25, -0.2) is 0 Å². The number of ether oxygens (including phenoxy) is 2. The average molecular weight is 330 g/mol. The van der Waals surface area contributed by atoms with Crippen molar-refractivity contribution >= 4 is 23.6 Å². The number of hydrogen-bond donors (Lipinski definition) is 1. The van der Waals surface area contributed by atoms with Crippen molar-refractivity contribution < 1.29 is 19.4 Å². The summed E-state index contributed by atoms with van der Waals surface area (Å²) in [5.41, 5.74) is 1.26. The molecular formula is C18H18O4S. The van der Waals surface area contributed by atoms with E-state index in [1.807, 2.05) is 12.3 Å². The van der Waals surface area contributed by atoms with Crippen LogP contribution in [0.25, 0.3) is 6.08 Å². The molecule has 120 valence electrons. The monoisotopic (exact) mass is 330 g/mol. The average Bonchev–Trinajstić information content (AvgIpc) is 2.59. The van der Waals surface area contributed by atoms with Gasteiger partial charge in [-0.2, -0.15) is 0 Å². The van der Waals surface area contributed by atoms with Gasteiger partial charge in [-0.3, -0.25) is 4.79 Å². The molecule has 0 aromatic heterocycles. The number of rotatable bonds is 6. The molecule has 0 radical (unpaired) electrons. The summed E-state index contributed by atoms with van der Waals surface area (Å²) in [5, 5.41) is 9.74. The van der Waals surface area contributed by atoms with Gasteiger partial charge in [0.2, 0.25) is 0 Å². The molecule has 2 aromatic rings. The number of thioether (sulfide) groups is 1. The van der Waals surface area contributed by atoms with Crippen molar-refractivity contribution in [3.8, 4) is 17.2 Å². The number of hydrogen-bond acceptors (Lipinski definition) is 5. The molecule has 0 unspecified atom stereocenters. The molecule has 5 heteroatoms. The Labute approximate surface area is 139 Å². The highest BCUT2D eigenvalue weighted by Crippen LogP contribution is 2.29. The van der Waals surface area contributed by atoms with Crippen LogP contribution >= 0.6 is 11.8 Å². The lowest BCUT2D eigenvalue weighted by atomic mass is 10.1. The summed E-state index contributed by atoms with van der Waals surface area (Å²) < 4.78 is 10.3. The molecule has 0 saturated carbocycles. The van der Waals surface area contributed by atoms with Gasteiger partial charge in [-0.15, -0.1) is 11.8 Å². The molecule has 0 heterocycles. The van der Waals surface area contributed by atoms with Gasteiger partial charge < -0.3 is 14.6 Å². The SMILES string of the molecule is COc1ccc(C=CC(=O)c2ccc(SC)c(OC)c2)cc1O. The summed E-state index contributed by atoms with van der Waals surface area (Å²) in [4.78, 5) is 13.2. The third kappa shape index (κ3) is 4.07. The van der Waals surface area contributed by atoms with E-state index in [1.165, 1.54) is 13.2 Å². The number of aromatic hydroxyl groups is 1. The van der Waals surface area contributed by atoms with Crippen LogP contribution in [0.1, 0.15) is 15.9 Å². The lowest BCUT2D eigenvalue weighted by Gasteiger charge is -2.07. The van der Waals surface area contributed by atoms with Crippen LogP contribution in [0.3, 0.4) is 0 Å². The minimum Gasteiger partial charge on any atom is -0.504 e. The number of ketones is 1. The van der Waals surface area contributed by atoms with E-state index in [-0.39, 0.29) is 11.5 Å². The summed E-state index contributed by atoms with van der Waals surface area (Å²) in [6.07, 6.45) is 5.07. The van der Waals surface area contributed by atoms with Crippen molar-refractivity contribution in [2.24, 2.45) is 0 Å². The standard InChI is InChI=1S/C18H18O4S/c1-21-16-8-5-12(10-15(16)20)4-7-14(19)13-6-9-18(23-3)17(11-13)22-2/h4-11,20H,1-3H3. The fourth-order valence-electron chi connectivity index (χ4n) is 2.07. The Kier molecular flexibility index (Phi) is 5.71. The number of carbonyl (C=O) groups excluding carboxylic acids is 1. The van der Waals surface area contributed by atoms with Crippen molar-refractivity contribution in [1.29, 1.82) is 0 Å². The summed E-state index contributed by atoms with van der Waals surface area (Å²) in [7, 11) is 3.07. The molecule has 0 fully saturated rings. The van der Waals surface area contributed by atoms with E-state index < -0.39 is 0 Å². The predicted molar refractivity (Wildman–Crippen MR) is 92.8 cm³/mol. The molecule has 23 heavy (non-hydrogen) atoms. The van der Waals surface area contributed by atoms with Crippen molar-refractivity contribution in [3.63, 3.8) is 0 Å². The zero-order chi connectivity index (χ0) is 16.8. The molecule has 0 saturated heterocycles. The molecular weight excluding hydrogens is 312 g/mol. The molecule has 0 spiro atoms. The smallest absolute Gasteiger partial charge is 0.185 e. The quantitative estimate of drug-likeness (QED) is 0.492. The van der Waals surface area contributed by atoms with Crippen LogP contribution < -0.4 is 9.47 Å². The molecule has 0 aliphatic heterocycles. The van der Waals surface area contributed by atoms with Gasteiger partial charge in [0.15, 0.2) is 17.3 Å². The first-order valence-electron chi connectivity index (χ1n) is 6.90. The zero-order valence-corrected chi connectivity index (χ0v) is 14.0. The van der Waals surface area contributed by atoms with E-state index in [1.54, 1.807) is 55.3 Å². The Bertz CT molecular complexity index is 738. The maximum Gasteiger partial charge on any atom is 0.185 e. The van der Waals surface area contributed by atoms with Gasteiger partial charge >= 0.3 is 0 Å². The molecule has 0 atom stereocenters. The molecule has 0 bridgehead atoms. The van der Waals surface area contributed by atoms with E-state index in [4.69, 9.17) is 9.47 Å². The summed E-state index contributed by atoms with van der Waals surface area (Å²) in [6, 6.07) is 10.3. The Hall–Kier alpha value is -2.40. The van der Waals surface area contributed by atoms with Crippen molar-refractivity contribution in [1.82, 2.24) is 0 Å². The van der Waals surface area contributed by atoms with E-state index in [2.05, 4.69) is 0 Å². The van der Waals surface area contributed by atoms with Crippen LogP contribution in [0.5, 0.6) is 17.2 Å². The van der Waals surface area contributed by atoms with Crippen LogP contribution in [0.2, 0.25) is 0 Å². The normalized spacial score (nSPS) is 10.7. The third-order valence-electron chi connectivity index (χ3n) is 3.30. The lowest BCUT2D eigenvalue weighted by molar-refractivity contribution is 0.104. The minimum absolute atomic E-state index is 0.0353. The van der Waals surface area contributed by atoms with Crippen LogP contribution in [0.15, 0.2) is 47.4 Å². The Morgan fingerprint density at radius 3 is 2.43 bits per heavy atom. The number of methoxy groups -OCH3 is 2. The van der Waals surface area contributed by atoms with Gasteiger partial charge in [0.25, 0.3) is 0 Å². The maximum atomic E-state index is 12.3. The van der Waals surface area contributed by atoms with Gasteiger partial charge in [0, 0.05) is 10.5 Å². The van der Waals surface area contributed by atoms with E-state index in [0.717, 1.165) is 4.90 Å². The second-order valence-corrected chi connectivity index (χ2v) is 5.55. The zero-order valence-electron chi connectivity index (χ0n) is 13.2. The highest BCUT2D eigenvalue weighted by atomic mass is 32.2. The first-order valence-corrected chi connectivity index (χ1v) is 8.13. The summed E-state index contributed by atoms with van der Waals surface area (Å²) in [6.45, 7) is 0. The van der Waals surface area contributed by atoms with Crippen LogP contribution in [0, 0.1) is 0 Å². The number of phenolic OH excluding ortho intramolecular Hbond substituents is 1. The topological polar surface area (TPSA) is 55.8 Å². The summed E-state index contributed by atoms with van der Waals surface area (Å²) >= 11 is 1.56. The molecule has 1 N–H and O–H groups in total. The van der Waals surface area contributed by atoms with Gasteiger partial charge in [0.05, 0.1) is 14.2 Å². The van der Waals surface area contributed by atoms with Crippen molar-refractivity contribution in [3.05, 3.63) is 53.6 Å². The lowest BCUT2D eigenvalue weighted by Crippen LogP contribution is -1.96. The first kappa shape index (κ1) is 17.0. The Morgan fingerprint density at radius 2 is 1.83 bits per heavy atom. The number of allylic oxidation sites excluding steroid dienone is 1. The van der Waals surface area contributed by atoms with Crippen LogP contribution in [-0.4, -0.2) is 31.4 Å². The second kappa shape index (κ2) is 7.74. The molecule has 2 aromatic carbocycles. The van der Waals surface area contributed by atoms with Gasteiger partial charge in [0.1, 0.15) is 5.75 Å². The van der Waals surface area contributed by atoms with Gasteiger partial charge in [-0.05, 0) is 48.2 Å². The second-order valence-electron chi connectivity index (χ2n) is 4.70. The Morgan fingerprint density at radius 1 is 1.09 bits per heavy atom. The highest BCUT2D eigenvalue weighted by molar-refractivity contribution is 7.98. The fraction of sp³-hybridized carbons (Fsp3) is 0.167. The Balaban J connectivity index is 2.19. The third-order valence-corrected chi connectivity index (χ3v) is 4.08. The minimum atomic E-state index is -0.133. The predicted octanol–water partition coefficient (Wildman–Crippen LogP) is 4.03. The maximum absolute atomic E-state index is 12.3.